The zero-order valence-electron chi connectivity index (χ0n) is 25.8. The minimum Gasteiger partial charge on any atom is -0.302 e. The average molecular weight is 581 g/mol. The number of benzene rings is 4. The molecule has 0 saturated carbocycles. The van der Waals surface area contributed by atoms with Gasteiger partial charge in [-0.15, -0.1) is 0 Å². The topological polar surface area (TPSA) is 40.6 Å². The highest BCUT2D eigenvalue weighted by molar-refractivity contribution is 6.30. The maximum atomic E-state index is 14.6. The lowest BCUT2D eigenvalue weighted by molar-refractivity contribution is -0.124. The van der Waals surface area contributed by atoms with Crippen molar-refractivity contribution in [3.8, 4) is 0 Å². The van der Waals surface area contributed by atoms with E-state index < -0.39 is 0 Å². The number of fused-ring (bicyclic) bond motifs is 1. The van der Waals surface area contributed by atoms with Crippen molar-refractivity contribution in [3.63, 3.8) is 0 Å². The Morgan fingerprint density at radius 1 is 0.455 bits per heavy atom. The number of amides is 2. The van der Waals surface area contributed by atoms with Gasteiger partial charge >= 0.3 is 0 Å². The van der Waals surface area contributed by atoms with Crippen LogP contribution < -0.4 is 0 Å². The van der Waals surface area contributed by atoms with Crippen LogP contribution in [0.25, 0.3) is 11.4 Å². The van der Waals surface area contributed by atoms with E-state index >= 15 is 0 Å². The van der Waals surface area contributed by atoms with Crippen LogP contribution in [-0.4, -0.2) is 21.6 Å². The predicted molar refractivity (Wildman–Crippen MR) is 178 cm³/mol. The minimum absolute atomic E-state index is 0.122. The molecule has 0 saturated heterocycles. The lowest BCUT2D eigenvalue weighted by atomic mass is 9.99. The van der Waals surface area contributed by atoms with Crippen molar-refractivity contribution in [2.75, 3.05) is 0 Å². The summed E-state index contributed by atoms with van der Waals surface area (Å²) in [6, 6.07) is 36.9. The molecule has 4 nitrogen and oxygen atoms in total. The van der Waals surface area contributed by atoms with E-state index in [1.807, 2.05) is 70.5 Å². The van der Waals surface area contributed by atoms with E-state index in [0.29, 0.717) is 35.6 Å². The third kappa shape index (κ3) is 5.90. The third-order valence-electron chi connectivity index (χ3n) is 8.64. The van der Waals surface area contributed by atoms with Crippen LogP contribution in [0.5, 0.6) is 0 Å². The van der Waals surface area contributed by atoms with Crippen LogP contribution in [0, 0.1) is 0 Å². The van der Waals surface area contributed by atoms with Gasteiger partial charge in [-0.3, -0.25) is 9.59 Å². The molecule has 0 aliphatic carbocycles. The van der Waals surface area contributed by atoms with Gasteiger partial charge in [0.2, 0.25) is 0 Å². The van der Waals surface area contributed by atoms with Crippen molar-refractivity contribution in [1.29, 1.82) is 0 Å². The highest BCUT2D eigenvalue weighted by Gasteiger charge is 2.48. The molecule has 0 N–H and O–H groups in total. The minimum atomic E-state index is -0.122. The van der Waals surface area contributed by atoms with E-state index in [1.165, 1.54) is 11.1 Å². The van der Waals surface area contributed by atoms with E-state index in [-0.39, 0.29) is 11.8 Å². The Labute approximate surface area is 261 Å². The number of carbonyl (C=O) groups is 2. The Balaban J connectivity index is 1.51. The fraction of sp³-hybridized carbons (Fsp3) is 0.250. The fourth-order valence-corrected chi connectivity index (χ4v) is 6.25. The van der Waals surface area contributed by atoms with Gasteiger partial charge in [-0.1, -0.05) is 136 Å². The second-order valence-electron chi connectivity index (χ2n) is 11.8. The highest BCUT2D eigenvalue weighted by atomic mass is 16.2. The number of rotatable bonds is 12. The molecule has 4 aromatic carbocycles. The highest BCUT2D eigenvalue weighted by Crippen LogP contribution is 2.47. The molecule has 0 radical (unpaired) electrons. The molecule has 6 rings (SSSR count). The zero-order valence-corrected chi connectivity index (χ0v) is 25.8. The Bertz CT molecular complexity index is 1560. The molecule has 2 aliphatic heterocycles. The number of carbonyl (C=O) groups excluding carboxylic acids is 2. The van der Waals surface area contributed by atoms with Crippen molar-refractivity contribution in [2.45, 2.75) is 65.5 Å². The van der Waals surface area contributed by atoms with Gasteiger partial charge in [0, 0.05) is 0 Å². The molecule has 2 heterocycles. The van der Waals surface area contributed by atoms with Crippen molar-refractivity contribution < 1.29 is 9.59 Å². The van der Waals surface area contributed by atoms with Crippen LogP contribution in [0.15, 0.2) is 120 Å². The number of hydrogen-bond acceptors (Lipinski definition) is 2. The summed E-state index contributed by atoms with van der Waals surface area (Å²) >= 11 is 0. The van der Waals surface area contributed by atoms with Gasteiger partial charge in [0.25, 0.3) is 11.8 Å². The van der Waals surface area contributed by atoms with Gasteiger partial charge in [-0.05, 0) is 59.1 Å². The Kier molecular flexibility index (Phi) is 8.88. The van der Waals surface area contributed by atoms with Crippen molar-refractivity contribution in [3.05, 3.63) is 154 Å². The van der Waals surface area contributed by atoms with Gasteiger partial charge in [-0.25, -0.2) is 0 Å². The van der Waals surface area contributed by atoms with Gasteiger partial charge in [0.1, 0.15) is 0 Å². The molecular formula is C40H40N2O2. The van der Waals surface area contributed by atoms with Crippen molar-refractivity contribution >= 4 is 23.2 Å². The van der Waals surface area contributed by atoms with Gasteiger partial charge in [0.15, 0.2) is 0 Å². The summed E-state index contributed by atoms with van der Waals surface area (Å²) in [5, 5.41) is 0. The Morgan fingerprint density at radius 3 is 1.16 bits per heavy atom. The van der Waals surface area contributed by atoms with E-state index in [2.05, 4.69) is 62.4 Å². The number of aryl methyl sites for hydroxylation is 2. The van der Waals surface area contributed by atoms with E-state index in [0.717, 1.165) is 60.8 Å². The molecule has 2 amide bonds. The maximum absolute atomic E-state index is 14.6. The lowest BCUT2D eigenvalue weighted by Gasteiger charge is -2.26. The average Bonchev–Trinajstić information content (AvgIpc) is 3.50. The maximum Gasteiger partial charge on any atom is 0.261 e. The number of nitrogens with zero attached hydrogens (tertiary/aromatic N) is 2. The van der Waals surface area contributed by atoms with Crippen LogP contribution in [0.2, 0.25) is 0 Å². The first-order valence-electron chi connectivity index (χ1n) is 16.0. The lowest BCUT2D eigenvalue weighted by Crippen LogP contribution is -2.29. The molecule has 4 heteroatoms. The molecular weight excluding hydrogens is 540 g/mol. The van der Waals surface area contributed by atoms with Crippen LogP contribution in [-0.2, 0) is 35.5 Å². The molecule has 0 atom stereocenters. The van der Waals surface area contributed by atoms with Crippen LogP contribution in [0.3, 0.4) is 0 Å². The molecule has 0 fully saturated rings. The van der Waals surface area contributed by atoms with Crippen molar-refractivity contribution in [1.82, 2.24) is 9.80 Å². The Hall–Kier alpha value is -4.70. The summed E-state index contributed by atoms with van der Waals surface area (Å²) in [7, 11) is 0. The van der Waals surface area contributed by atoms with Crippen LogP contribution in [0.4, 0.5) is 0 Å². The van der Waals surface area contributed by atoms with Crippen molar-refractivity contribution in [2.24, 2.45) is 0 Å². The molecule has 2 aliphatic rings. The van der Waals surface area contributed by atoms with E-state index in [4.69, 9.17) is 0 Å². The molecule has 0 spiro atoms. The molecule has 0 unspecified atom stereocenters. The zero-order chi connectivity index (χ0) is 30.5. The van der Waals surface area contributed by atoms with Crippen LogP contribution in [0.1, 0.15) is 72.9 Å². The van der Waals surface area contributed by atoms with Crippen LogP contribution >= 0.6 is 0 Å². The SMILES string of the molecule is CCCCc1ccc(C2=C3C(=O)N(Cc4ccccc4)C(c4ccc(CCCC)cc4)=C3C(=O)N2Cc2ccccc2)cc1. The Morgan fingerprint density at radius 2 is 0.818 bits per heavy atom. The first-order chi connectivity index (χ1) is 21.6. The largest absolute Gasteiger partial charge is 0.302 e. The second kappa shape index (κ2) is 13.3. The third-order valence-corrected chi connectivity index (χ3v) is 8.64. The quantitative estimate of drug-likeness (QED) is 0.168. The number of hydrogen-bond donors (Lipinski definition) is 0. The summed E-state index contributed by atoms with van der Waals surface area (Å²) in [5.74, 6) is -0.245. The van der Waals surface area contributed by atoms with Gasteiger partial charge in [-0.2, -0.15) is 0 Å². The fourth-order valence-electron chi connectivity index (χ4n) is 6.25. The summed E-state index contributed by atoms with van der Waals surface area (Å²) in [6.07, 6.45) is 6.57. The predicted octanol–water partition coefficient (Wildman–Crippen LogP) is 8.58. The standard InChI is InChI=1S/C40H40N2O2/c1-3-5-13-29-19-23-33(24-20-29)37-35-36(40(44)41(37)27-31-15-9-7-10-16-31)38(34-25-21-30(22-26-34)14-6-4-2)42(39(35)43)28-32-17-11-8-12-18-32/h7-12,15-26H,3-6,13-14,27-28H2,1-2H3. The second-order valence-corrected chi connectivity index (χ2v) is 11.8. The smallest absolute Gasteiger partial charge is 0.261 e. The summed E-state index contributed by atoms with van der Waals surface area (Å²) < 4.78 is 0. The van der Waals surface area contributed by atoms with Gasteiger partial charge < -0.3 is 9.80 Å². The normalized spacial score (nSPS) is 14.7. The summed E-state index contributed by atoms with van der Waals surface area (Å²) in [5.41, 5.74) is 8.78. The summed E-state index contributed by atoms with van der Waals surface area (Å²) in [4.78, 5) is 32.8. The number of unbranched alkanes of at least 4 members (excludes halogenated alkanes) is 2. The molecule has 222 valence electrons. The van der Waals surface area contributed by atoms with E-state index in [1.54, 1.807) is 0 Å². The van der Waals surface area contributed by atoms with Gasteiger partial charge in [0.05, 0.1) is 35.6 Å². The molecule has 4 aromatic rings. The van der Waals surface area contributed by atoms with E-state index in [9.17, 15) is 9.59 Å². The first kappa shape index (κ1) is 29.4. The summed E-state index contributed by atoms with van der Waals surface area (Å²) in [6.45, 7) is 5.19. The molecule has 0 bridgehead atoms. The first-order valence-corrected chi connectivity index (χ1v) is 16.0. The molecule has 44 heavy (non-hydrogen) atoms. The molecule has 0 aromatic heterocycles. The monoisotopic (exact) mass is 580 g/mol.